The van der Waals surface area contributed by atoms with Crippen molar-refractivity contribution >= 4 is 11.5 Å². The Morgan fingerprint density at radius 1 is 1.40 bits per heavy atom. The Morgan fingerprint density at radius 3 is 2.93 bits per heavy atom. The number of aromatic nitrogens is 1. The second kappa shape index (κ2) is 4.26. The highest BCUT2D eigenvalue weighted by atomic mass is 16.1. The Morgan fingerprint density at radius 2 is 2.27 bits per heavy atom. The lowest BCUT2D eigenvalue weighted by Crippen LogP contribution is -2.14. The molecule has 3 heteroatoms. The van der Waals surface area contributed by atoms with Crippen LogP contribution in [0.15, 0.2) is 24.5 Å². The van der Waals surface area contributed by atoms with Crippen molar-refractivity contribution in [3.8, 4) is 0 Å². The summed E-state index contributed by atoms with van der Waals surface area (Å²) in [6.07, 6.45) is 10.0. The summed E-state index contributed by atoms with van der Waals surface area (Å²) in [6.45, 7) is 0. The second-order valence-electron chi connectivity index (χ2n) is 3.76. The molecule has 2 N–H and O–H groups in total. The van der Waals surface area contributed by atoms with Crippen LogP contribution in [0.25, 0.3) is 5.57 Å². The highest BCUT2D eigenvalue weighted by molar-refractivity contribution is 5.97. The maximum Gasteiger partial charge on any atom is 0.250 e. The van der Waals surface area contributed by atoms with Crippen LogP contribution in [-0.4, -0.2) is 10.9 Å². The van der Waals surface area contributed by atoms with Gasteiger partial charge in [0.2, 0.25) is 0 Å². The van der Waals surface area contributed by atoms with Gasteiger partial charge in [0.1, 0.15) is 0 Å². The molecule has 1 aliphatic rings. The molecule has 78 valence electrons. The Bertz CT molecular complexity index is 410. The summed E-state index contributed by atoms with van der Waals surface area (Å²) in [5, 5.41) is 0. The lowest BCUT2D eigenvalue weighted by atomic mass is 9.91. The summed E-state index contributed by atoms with van der Waals surface area (Å²) in [5.41, 5.74) is 8.04. The first-order valence-corrected chi connectivity index (χ1v) is 5.22. The average molecular weight is 202 g/mol. The molecule has 0 aliphatic heterocycles. The number of carbonyl (C=O) groups is 1. The lowest BCUT2D eigenvalue weighted by molar-refractivity contribution is 0.0999. The van der Waals surface area contributed by atoms with Crippen LogP contribution in [0.4, 0.5) is 0 Å². The number of hydrogen-bond donors (Lipinski definition) is 1. The van der Waals surface area contributed by atoms with Gasteiger partial charge >= 0.3 is 0 Å². The fourth-order valence-electron chi connectivity index (χ4n) is 1.95. The molecule has 1 aromatic heterocycles. The van der Waals surface area contributed by atoms with E-state index in [9.17, 15) is 4.79 Å². The summed E-state index contributed by atoms with van der Waals surface area (Å²) in [7, 11) is 0. The molecule has 0 aromatic carbocycles. The van der Waals surface area contributed by atoms with Crippen molar-refractivity contribution in [1.82, 2.24) is 4.98 Å². The highest BCUT2D eigenvalue weighted by Crippen LogP contribution is 2.28. The molecule has 0 fully saturated rings. The Hall–Kier alpha value is -1.64. The predicted octanol–water partition coefficient (Wildman–Crippen LogP) is 2.14. The molecule has 0 radical (unpaired) electrons. The summed E-state index contributed by atoms with van der Waals surface area (Å²) in [4.78, 5) is 15.2. The largest absolute Gasteiger partial charge is 0.366 e. The molecule has 3 nitrogen and oxygen atoms in total. The molecule has 0 spiro atoms. The number of primary amides is 1. The zero-order valence-electron chi connectivity index (χ0n) is 8.57. The second-order valence-corrected chi connectivity index (χ2v) is 3.76. The quantitative estimate of drug-likeness (QED) is 0.798. The van der Waals surface area contributed by atoms with Crippen LogP contribution >= 0.6 is 0 Å². The van der Waals surface area contributed by atoms with Gasteiger partial charge in [0.15, 0.2) is 0 Å². The number of rotatable bonds is 2. The third kappa shape index (κ3) is 2.06. The lowest BCUT2D eigenvalue weighted by Gasteiger charge is -2.14. The SMILES string of the molecule is NC(=O)c1cnccc1C1=CCCCC1. The molecule has 2 rings (SSSR count). The normalized spacial score (nSPS) is 15.9. The first kappa shape index (κ1) is 9.90. The number of pyridine rings is 1. The van der Waals surface area contributed by atoms with Crippen LogP contribution < -0.4 is 5.73 Å². The molecule has 1 amide bonds. The van der Waals surface area contributed by atoms with Gasteiger partial charge in [-0.3, -0.25) is 9.78 Å². The molecule has 0 saturated heterocycles. The fraction of sp³-hybridized carbons (Fsp3) is 0.333. The predicted molar refractivity (Wildman–Crippen MR) is 59.2 cm³/mol. The van der Waals surface area contributed by atoms with E-state index in [1.807, 2.05) is 6.07 Å². The molecule has 0 unspecified atom stereocenters. The van der Waals surface area contributed by atoms with Gasteiger partial charge in [0.05, 0.1) is 5.56 Å². The van der Waals surface area contributed by atoms with Crippen molar-refractivity contribution in [3.63, 3.8) is 0 Å². The van der Waals surface area contributed by atoms with Gasteiger partial charge < -0.3 is 5.73 Å². The highest BCUT2D eigenvalue weighted by Gasteiger charge is 2.13. The summed E-state index contributed by atoms with van der Waals surface area (Å²) >= 11 is 0. The summed E-state index contributed by atoms with van der Waals surface area (Å²) in [6, 6.07) is 1.87. The average Bonchev–Trinajstić information content (AvgIpc) is 2.30. The van der Waals surface area contributed by atoms with Crippen LogP contribution in [0.5, 0.6) is 0 Å². The zero-order chi connectivity index (χ0) is 10.7. The van der Waals surface area contributed by atoms with Crippen LogP contribution in [0.3, 0.4) is 0 Å². The van der Waals surface area contributed by atoms with E-state index < -0.39 is 5.91 Å². The third-order valence-electron chi connectivity index (χ3n) is 2.72. The molecule has 1 heterocycles. The Kier molecular flexibility index (Phi) is 2.81. The van der Waals surface area contributed by atoms with E-state index in [1.54, 1.807) is 12.4 Å². The van der Waals surface area contributed by atoms with Gasteiger partial charge in [-0.25, -0.2) is 0 Å². The Labute approximate surface area is 89.0 Å². The van der Waals surface area contributed by atoms with Crippen molar-refractivity contribution in [1.29, 1.82) is 0 Å². The van der Waals surface area contributed by atoms with Crippen molar-refractivity contribution in [3.05, 3.63) is 35.7 Å². The van der Waals surface area contributed by atoms with Crippen molar-refractivity contribution in [2.45, 2.75) is 25.7 Å². The number of amides is 1. The standard InChI is InChI=1S/C12H14N2O/c13-12(15)11-8-14-7-6-10(11)9-4-2-1-3-5-9/h4,6-8H,1-3,5H2,(H2,13,15). The monoisotopic (exact) mass is 202 g/mol. The molecule has 0 atom stereocenters. The van der Waals surface area contributed by atoms with Gasteiger partial charge in [-0.15, -0.1) is 0 Å². The number of carbonyl (C=O) groups excluding carboxylic acids is 1. The van der Waals surface area contributed by atoms with E-state index in [1.165, 1.54) is 18.4 Å². The first-order valence-electron chi connectivity index (χ1n) is 5.22. The molecule has 1 aliphatic carbocycles. The van der Waals surface area contributed by atoms with Crippen LogP contribution in [0.2, 0.25) is 0 Å². The van der Waals surface area contributed by atoms with E-state index in [2.05, 4.69) is 11.1 Å². The smallest absolute Gasteiger partial charge is 0.250 e. The molecule has 0 bridgehead atoms. The van der Waals surface area contributed by atoms with Gasteiger partial charge in [-0.2, -0.15) is 0 Å². The minimum atomic E-state index is -0.399. The summed E-state index contributed by atoms with van der Waals surface area (Å²) < 4.78 is 0. The third-order valence-corrected chi connectivity index (χ3v) is 2.72. The fourth-order valence-corrected chi connectivity index (χ4v) is 1.95. The van der Waals surface area contributed by atoms with E-state index in [-0.39, 0.29) is 0 Å². The van der Waals surface area contributed by atoms with E-state index >= 15 is 0 Å². The topological polar surface area (TPSA) is 56.0 Å². The molecule has 1 aromatic rings. The van der Waals surface area contributed by atoms with E-state index in [0.29, 0.717) is 5.56 Å². The van der Waals surface area contributed by atoms with Gasteiger partial charge in [0.25, 0.3) is 5.91 Å². The Balaban J connectivity index is 2.42. The molecular formula is C12H14N2O. The molecule has 15 heavy (non-hydrogen) atoms. The van der Waals surface area contributed by atoms with Crippen LogP contribution in [0, 0.1) is 0 Å². The zero-order valence-corrected chi connectivity index (χ0v) is 8.57. The van der Waals surface area contributed by atoms with Crippen LogP contribution in [-0.2, 0) is 0 Å². The van der Waals surface area contributed by atoms with E-state index in [0.717, 1.165) is 18.4 Å². The van der Waals surface area contributed by atoms with Gasteiger partial charge in [0, 0.05) is 12.4 Å². The number of hydrogen-bond acceptors (Lipinski definition) is 2. The minimum Gasteiger partial charge on any atom is -0.366 e. The van der Waals surface area contributed by atoms with Crippen molar-refractivity contribution in [2.75, 3.05) is 0 Å². The number of allylic oxidation sites excluding steroid dienone is 2. The minimum absolute atomic E-state index is 0.399. The molecular weight excluding hydrogens is 188 g/mol. The van der Waals surface area contributed by atoms with Crippen molar-refractivity contribution in [2.24, 2.45) is 5.73 Å². The first-order chi connectivity index (χ1) is 7.29. The maximum absolute atomic E-state index is 11.2. The van der Waals surface area contributed by atoms with Gasteiger partial charge in [-0.1, -0.05) is 6.08 Å². The summed E-state index contributed by atoms with van der Waals surface area (Å²) in [5.74, 6) is -0.399. The number of nitrogens with two attached hydrogens (primary N) is 1. The maximum atomic E-state index is 11.2. The molecule has 0 saturated carbocycles. The van der Waals surface area contributed by atoms with Crippen LogP contribution in [0.1, 0.15) is 41.6 Å². The number of nitrogens with zero attached hydrogens (tertiary/aromatic N) is 1. The van der Waals surface area contributed by atoms with Crippen molar-refractivity contribution < 1.29 is 4.79 Å². The van der Waals surface area contributed by atoms with Gasteiger partial charge in [-0.05, 0) is 42.9 Å². The van der Waals surface area contributed by atoms with E-state index in [4.69, 9.17) is 5.73 Å².